The van der Waals surface area contributed by atoms with Gasteiger partial charge in [-0.1, -0.05) is 79.4 Å². The third-order valence-electron chi connectivity index (χ3n) is 7.48. The van der Waals surface area contributed by atoms with Gasteiger partial charge < -0.3 is 9.47 Å². The fourth-order valence-corrected chi connectivity index (χ4v) is 5.36. The minimum absolute atomic E-state index is 0.0991. The van der Waals surface area contributed by atoms with Crippen LogP contribution in [0, 0.1) is 23.2 Å². The lowest BCUT2D eigenvalue weighted by atomic mass is 9.65. The lowest BCUT2D eigenvalue weighted by Crippen LogP contribution is -2.39. The number of carbonyl (C=O) groups is 1. The number of carbonyl (C=O) groups excluding carboxylic acids is 1. The summed E-state index contributed by atoms with van der Waals surface area (Å²) in [6, 6.07) is 0. The second kappa shape index (κ2) is 17.7. The quantitative estimate of drug-likeness (QED) is 0.174. The van der Waals surface area contributed by atoms with Gasteiger partial charge in [0, 0.05) is 13.5 Å². The molecule has 31 heavy (non-hydrogen) atoms. The highest BCUT2D eigenvalue weighted by atomic mass is 16.5. The maximum Gasteiger partial charge on any atom is 0.305 e. The van der Waals surface area contributed by atoms with Crippen LogP contribution in [0.4, 0.5) is 0 Å². The van der Waals surface area contributed by atoms with E-state index in [1.54, 1.807) is 0 Å². The predicted octanol–water partition coefficient (Wildman–Crippen LogP) is 8.37. The fourth-order valence-electron chi connectivity index (χ4n) is 5.36. The number of rotatable bonds is 12. The minimum Gasteiger partial charge on any atom is -0.469 e. The summed E-state index contributed by atoms with van der Waals surface area (Å²) in [4.78, 5) is 11.1. The van der Waals surface area contributed by atoms with Gasteiger partial charge in [-0.2, -0.15) is 0 Å². The molecule has 3 heteroatoms. The fraction of sp³-hybridized carbons (Fsp3) is 0.893. The van der Waals surface area contributed by atoms with Crippen LogP contribution < -0.4 is 0 Å². The Labute approximate surface area is 194 Å². The maximum absolute atomic E-state index is 11.1. The Hall–Kier alpha value is -0.830. The first-order valence-corrected chi connectivity index (χ1v) is 13.2. The zero-order valence-electron chi connectivity index (χ0n) is 22.2. The topological polar surface area (TPSA) is 35.5 Å². The van der Waals surface area contributed by atoms with E-state index in [4.69, 9.17) is 4.74 Å². The molecule has 0 bridgehead atoms. The Morgan fingerprint density at radius 2 is 1.74 bits per heavy atom. The Morgan fingerprint density at radius 1 is 1.06 bits per heavy atom. The normalized spacial score (nSPS) is 25.0. The van der Waals surface area contributed by atoms with Gasteiger partial charge in [0.25, 0.3) is 0 Å². The third-order valence-corrected chi connectivity index (χ3v) is 7.48. The highest BCUT2D eigenvalue weighted by molar-refractivity contribution is 5.69. The molecule has 0 aromatic heterocycles. The molecule has 4 atom stereocenters. The molecule has 0 aromatic carbocycles. The highest BCUT2D eigenvalue weighted by Gasteiger charge is 2.40. The molecule has 184 valence electrons. The van der Waals surface area contributed by atoms with E-state index in [0.29, 0.717) is 17.9 Å². The highest BCUT2D eigenvalue weighted by Crippen LogP contribution is 2.47. The molecule has 0 heterocycles. The van der Waals surface area contributed by atoms with E-state index in [2.05, 4.69) is 30.7 Å². The van der Waals surface area contributed by atoms with Crippen LogP contribution in [-0.2, 0) is 14.3 Å². The third kappa shape index (κ3) is 10.6. The average Bonchev–Trinajstić information content (AvgIpc) is 3.13. The number of hydrogen-bond donors (Lipinski definition) is 0. The molecular formula is C28H54O3. The molecule has 0 aliphatic heterocycles. The molecule has 0 saturated heterocycles. The smallest absolute Gasteiger partial charge is 0.305 e. The number of unbranched alkanes of at least 4 members (excludes halogenated alkanes) is 1. The van der Waals surface area contributed by atoms with Gasteiger partial charge in [0.05, 0.1) is 13.2 Å². The first-order chi connectivity index (χ1) is 15.0. The molecule has 2 aliphatic rings. The van der Waals surface area contributed by atoms with Crippen molar-refractivity contribution < 1.29 is 14.3 Å². The number of hydrogen-bond acceptors (Lipinski definition) is 3. The van der Waals surface area contributed by atoms with Gasteiger partial charge in [0.2, 0.25) is 0 Å². The van der Waals surface area contributed by atoms with Crippen LogP contribution in [0.1, 0.15) is 119 Å². The Morgan fingerprint density at radius 3 is 2.29 bits per heavy atom. The van der Waals surface area contributed by atoms with E-state index in [1.807, 2.05) is 34.8 Å². The Kier molecular flexibility index (Phi) is 17.2. The van der Waals surface area contributed by atoms with Crippen molar-refractivity contribution in [3.63, 3.8) is 0 Å². The molecule has 2 rings (SSSR count). The zero-order valence-corrected chi connectivity index (χ0v) is 22.2. The summed E-state index contributed by atoms with van der Waals surface area (Å²) in [6.07, 6.45) is 19.5. The van der Waals surface area contributed by atoms with Gasteiger partial charge >= 0.3 is 5.97 Å². The van der Waals surface area contributed by atoms with Crippen molar-refractivity contribution in [2.45, 2.75) is 125 Å². The Balaban J connectivity index is 0.00000212. The van der Waals surface area contributed by atoms with Crippen LogP contribution in [0.15, 0.2) is 12.2 Å². The summed E-state index contributed by atoms with van der Waals surface area (Å²) in [5, 5.41) is 0. The van der Waals surface area contributed by atoms with E-state index in [9.17, 15) is 4.79 Å². The number of methoxy groups -OCH3 is 2. The van der Waals surface area contributed by atoms with Gasteiger partial charge in [-0.25, -0.2) is 0 Å². The number of esters is 1. The predicted molar refractivity (Wildman–Crippen MR) is 134 cm³/mol. The SMILES string of the molecule is CC.CC.COC(=O)CCC/C=C\C[C@H]1C(C)CC[C@@H]1CCCC(OC)C1(C)CCC1. The van der Waals surface area contributed by atoms with Crippen molar-refractivity contribution >= 4 is 5.97 Å². The molecule has 0 aromatic rings. The molecule has 0 N–H and O–H groups in total. The summed E-state index contributed by atoms with van der Waals surface area (Å²) >= 11 is 0. The molecular weight excluding hydrogens is 384 g/mol. The van der Waals surface area contributed by atoms with Crippen molar-refractivity contribution in [3.8, 4) is 0 Å². The second-order valence-corrected chi connectivity index (χ2v) is 9.32. The standard InChI is InChI=1S/C24H42O3.2C2H6/c1-19-15-16-20(11-9-13-22(26-3)24(2)17-10-18-24)21(19)12-7-5-6-8-14-23(25)27-4;2*1-2/h5,7,19-22H,6,8-18H2,1-4H3;2*1-2H3/b7-5-;;/t19?,20-,21-,22?;;/m0../s1. The van der Waals surface area contributed by atoms with Gasteiger partial charge in [0.1, 0.15) is 0 Å². The maximum atomic E-state index is 11.1. The zero-order chi connectivity index (χ0) is 23.7. The molecule has 2 unspecified atom stereocenters. The van der Waals surface area contributed by atoms with Crippen molar-refractivity contribution in [1.82, 2.24) is 0 Å². The molecule has 2 fully saturated rings. The first-order valence-electron chi connectivity index (χ1n) is 13.2. The van der Waals surface area contributed by atoms with Crippen LogP contribution >= 0.6 is 0 Å². The number of ether oxygens (including phenoxy) is 2. The Bertz CT molecular complexity index is 467. The summed E-state index contributed by atoms with van der Waals surface area (Å²) in [5.74, 6) is 2.46. The molecule has 3 nitrogen and oxygen atoms in total. The largest absolute Gasteiger partial charge is 0.469 e. The summed E-state index contributed by atoms with van der Waals surface area (Å²) in [5.41, 5.74) is 0.448. The van der Waals surface area contributed by atoms with E-state index in [0.717, 1.165) is 30.6 Å². The molecule has 0 radical (unpaired) electrons. The van der Waals surface area contributed by atoms with Crippen molar-refractivity contribution in [1.29, 1.82) is 0 Å². The number of allylic oxidation sites excluding steroid dienone is 2. The van der Waals surface area contributed by atoms with E-state index in [1.165, 1.54) is 64.9 Å². The summed E-state index contributed by atoms with van der Waals surface area (Å²) in [6.45, 7) is 12.8. The summed E-state index contributed by atoms with van der Waals surface area (Å²) in [7, 11) is 3.36. The van der Waals surface area contributed by atoms with Crippen LogP contribution in [0.3, 0.4) is 0 Å². The van der Waals surface area contributed by atoms with Gasteiger partial charge in [-0.3, -0.25) is 4.79 Å². The minimum atomic E-state index is -0.0991. The summed E-state index contributed by atoms with van der Waals surface area (Å²) < 4.78 is 10.5. The van der Waals surface area contributed by atoms with Crippen molar-refractivity contribution in [3.05, 3.63) is 12.2 Å². The van der Waals surface area contributed by atoms with Crippen LogP contribution in [0.2, 0.25) is 0 Å². The first kappa shape index (κ1) is 30.2. The average molecular weight is 439 g/mol. The lowest BCUT2D eigenvalue weighted by Gasteiger charge is -2.44. The molecule has 0 spiro atoms. The van der Waals surface area contributed by atoms with Gasteiger partial charge in [0.15, 0.2) is 0 Å². The van der Waals surface area contributed by atoms with Crippen molar-refractivity contribution in [2.24, 2.45) is 23.2 Å². The van der Waals surface area contributed by atoms with Crippen LogP contribution in [-0.4, -0.2) is 26.3 Å². The molecule has 0 amide bonds. The van der Waals surface area contributed by atoms with E-state index >= 15 is 0 Å². The van der Waals surface area contributed by atoms with Crippen LogP contribution in [0.5, 0.6) is 0 Å². The van der Waals surface area contributed by atoms with E-state index in [-0.39, 0.29) is 5.97 Å². The monoisotopic (exact) mass is 438 g/mol. The van der Waals surface area contributed by atoms with Gasteiger partial charge in [-0.05, 0) is 68.1 Å². The van der Waals surface area contributed by atoms with E-state index < -0.39 is 0 Å². The van der Waals surface area contributed by atoms with Gasteiger partial charge in [-0.15, -0.1) is 0 Å². The van der Waals surface area contributed by atoms with Crippen molar-refractivity contribution in [2.75, 3.05) is 14.2 Å². The lowest BCUT2D eigenvalue weighted by molar-refractivity contribution is -0.140. The molecule has 2 aliphatic carbocycles. The second-order valence-electron chi connectivity index (χ2n) is 9.32. The molecule has 2 saturated carbocycles. The van der Waals surface area contributed by atoms with Crippen LogP contribution in [0.25, 0.3) is 0 Å².